The third-order valence-electron chi connectivity index (χ3n) is 4.10. The summed E-state index contributed by atoms with van der Waals surface area (Å²) < 4.78 is 0. The van der Waals surface area contributed by atoms with Gasteiger partial charge in [0, 0.05) is 38.0 Å². The fraction of sp³-hybridized carbons (Fsp3) is 0.727. The van der Waals surface area contributed by atoms with Crippen molar-refractivity contribution in [3.05, 3.63) is 24.3 Å². The van der Waals surface area contributed by atoms with E-state index < -0.39 is 0 Å². The van der Waals surface area contributed by atoms with Crippen LogP contribution in [0.4, 0.5) is 0 Å². The highest BCUT2D eigenvalue weighted by atomic mass is 16.2. The zero-order valence-corrected chi connectivity index (χ0v) is 17.9. The van der Waals surface area contributed by atoms with E-state index >= 15 is 0 Å². The van der Waals surface area contributed by atoms with Gasteiger partial charge in [-0.3, -0.25) is 9.59 Å². The van der Waals surface area contributed by atoms with E-state index in [1.807, 2.05) is 13.8 Å². The van der Waals surface area contributed by atoms with Crippen LogP contribution in [0.1, 0.15) is 79.1 Å². The first-order valence-corrected chi connectivity index (χ1v) is 10.6. The van der Waals surface area contributed by atoms with Crippen LogP contribution in [0.15, 0.2) is 24.3 Å². The molecule has 0 aromatic rings. The van der Waals surface area contributed by atoms with E-state index in [0.717, 1.165) is 38.5 Å². The maximum Gasteiger partial charge on any atom is 0.220 e. The average Bonchev–Trinajstić information content (AvgIpc) is 2.64. The van der Waals surface area contributed by atoms with Crippen molar-refractivity contribution in [2.75, 3.05) is 13.1 Å². The van der Waals surface area contributed by atoms with Crippen LogP contribution in [0.25, 0.3) is 0 Å². The smallest absolute Gasteiger partial charge is 0.220 e. The summed E-state index contributed by atoms with van der Waals surface area (Å²) in [5.41, 5.74) is 0. The number of carbonyl (C=O) groups is 2. The van der Waals surface area contributed by atoms with Gasteiger partial charge in [-0.1, -0.05) is 51.0 Å². The molecule has 2 amide bonds. The highest BCUT2D eigenvalue weighted by molar-refractivity contribution is 5.76. The summed E-state index contributed by atoms with van der Waals surface area (Å²) in [6.07, 6.45) is 15.5. The minimum absolute atomic E-state index is 0.0851. The van der Waals surface area contributed by atoms with Gasteiger partial charge in [0.15, 0.2) is 0 Å². The van der Waals surface area contributed by atoms with Gasteiger partial charge < -0.3 is 16.0 Å². The second kappa shape index (κ2) is 17.8. The van der Waals surface area contributed by atoms with Gasteiger partial charge in [-0.25, -0.2) is 0 Å². The lowest BCUT2D eigenvalue weighted by molar-refractivity contribution is -0.121. The van der Waals surface area contributed by atoms with Gasteiger partial charge in [0.25, 0.3) is 0 Å². The number of nitrogens with one attached hydrogen (secondary N) is 3. The van der Waals surface area contributed by atoms with Crippen LogP contribution in [0.5, 0.6) is 0 Å². The third-order valence-corrected chi connectivity index (χ3v) is 4.10. The fourth-order valence-electron chi connectivity index (χ4n) is 2.55. The minimum atomic E-state index is 0.0851. The lowest BCUT2D eigenvalue weighted by atomic mass is 10.2. The Morgan fingerprint density at radius 2 is 1.07 bits per heavy atom. The summed E-state index contributed by atoms with van der Waals surface area (Å²) in [5.74, 6) is 0.170. The van der Waals surface area contributed by atoms with Crippen molar-refractivity contribution in [3.8, 4) is 0 Å². The van der Waals surface area contributed by atoms with Crippen molar-refractivity contribution in [1.82, 2.24) is 16.0 Å². The number of rotatable bonds is 16. The molecule has 0 bridgehead atoms. The molecule has 0 saturated carbocycles. The molecule has 5 heteroatoms. The molecule has 0 fully saturated rings. The zero-order chi connectivity index (χ0) is 20.3. The van der Waals surface area contributed by atoms with E-state index in [1.165, 1.54) is 0 Å². The van der Waals surface area contributed by atoms with Crippen LogP contribution in [0.3, 0.4) is 0 Å². The van der Waals surface area contributed by atoms with Crippen LogP contribution in [0, 0.1) is 0 Å². The molecule has 0 aliphatic carbocycles. The molecule has 0 heterocycles. The Morgan fingerprint density at radius 3 is 1.44 bits per heavy atom. The largest absolute Gasteiger partial charge is 0.355 e. The summed E-state index contributed by atoms with van der Waals surface area (Å²) in [7, 11) is 0. The molecule has 0 aliphatic rings. The Morgan fingerprint density at radius 1 is 0.704 bits per heavy atom. The summed E-state index contributed by atoms with van der Waals surface area (Å²) in [6.45, 7) is 9.56. The number of hydrogen-bond donors (Lipinski definition) is 3. The molecular formula is C22H41N3O2. The molecule has 27 heavy (non-hydrogen) atoms. The normalized spacial score (nSPS) is 13.8. The average molecular weight is 380 g/mol. The lowest BCUT2D eigenvalue weighted by Gasteiger charge is -2.20. The molecule has 2 atom stereocenters. The van der Waals surface area contributed by atoms with E-state index in [2.05, 4.69) is 54.1 Å². The number of unbranched alkanes of at least 4 members (excludes halogenated alkanes) is 2. The molecule has 0 aromatic heterocycles. The maximum absolute atomic E-state index is 11.8. The van der Waals surface area contributed by atoms with Crippen molar-refractivity contribution < 1.29 is 9.59 Å². The van der Waals surface area contributed by atoms with Crippen molar-refractivity contribution >= 4 is 11.8 Å². The first kappa shape index (κ1) is 25.4. The molecule has 0 aromatic carbocycles. The van der Waals surface area contributed by atoms with Crippen LogP contribution in [-0.4, -0.2) is 37.0 Å². The molecule has 0 saturated heterocycles. The van der Waals surface area contributed by atoms with Crippen molar-refractivity contribution in [2.45, 2.75) is 91.1 Å². The van der Waals surface area contributed by atoms with Gasteiger partial charge in [0.1, 0.15) is 0 Å². The highest BCUT2D eigenvalue weighted by Crippen LogP contribution is 1.97. The van der Waals surface area contributed by atoms with Gasteiger partial charge in [0.05, 0.1) is 0 Å². The van der Waals surface area contributed by atoms with E-state index in [0.29, 0.717) is 25.9 Å². The second-order valence-electron chi connectivity index (χ2n) is 7.17. The first-order chi connectivity index (χ1) is 13.0. The van der Waals surface area contributed by atoms with E-state index in [9.17, 15) is 9.59 Å². The topological polar surface area (TPSA) is 70.2 Å². The van der Waals surface area contributed by atoms with E-state index in [1.54, 1.807) is 0 Å². The van der Waals surface area contributed by atoms with Gasteiger partial charge in [-0.05, 0) is 39.5 Å². The molecule has 0 aliphatic heterocycles. The summed E-state index contributed by atoms with van der Waals surface area (Å²) in [5, 5.41) is 9.32. The number of allylic oxidation sites excluding steroid dienone is 4. The van der Waals surface area contributed by atoms with Gasteiger partial charge in [-0.15, -0.1) is 0 Å². The fourth-order valence-corrected chi connectivity index (χ4v) is 2.55. The Hall–Kier alpha value is -1.62. The first-order valence-electron chi connectivity index (χ1n) is 10.6. The SMILES string of the molecule is CCC/C=C/CCC(=O)NCC(C)NC(C)CNC(=O)CC/C=C/CCC. The second-order valence-corrected chi connectivity index (χ2v) is 7.17. The monoisotopic (exact) mass is 379 g/mol. The molecular weight excluding hydrogens is 338 g/mol. The van der Waals surface area contributed by atoms with Crippen LogP contribution in [-0.2, 0) is 9.59 Å². The van der Waals surface area contributed by atoms with Gasteiger partial charge >= 0.3 is 0 Å². The molecule has 156 valence electrons. The number of amides is 2. The molecule has 0 rings (SSSR count). The van der Waals surface area contributed by atoms with Crippen LogP contribution in [0.2, 0.25) is 0 Å². The Bertz CT molecular complexity index is 407. The van der Waals surface area contributed by atoms with E-state index in [4.69, 9.17) is 0 Å². The summed E-state index contributed by atoms with van der Waals surface area (Å²) >= 11 is 0. The molecule has 3 N–H and O–H groups in total. The predicted molar refractivity (Wildman–Crippen MR) is 115 cm³/mol. The van der Waals surface area contributed by atoms with Crippen LogP contribution < -0.4 is 16.0 Å². The van der Waals surface area contributed by atoms with Gasteiger partial charge in [-0.2, -0.15) is 0 Å². The molecule has 2 unspecified atom stereocenters. The Balaban J connectivity index is 3.77. The Kier molecular flexibility index (Phi) is 16.7. The van der Waals surface area contributed by atoms with Crippen molar-refractivity contribution in [1.29, 1.82) is 0 Å². The molecule has 0 radical (unpaired) electrons. The standard InChI is InChI=1S/C22H41N3O2/c1-5-7-9-11-13-15-21(26)23-17-19(3)25-20(4)18-24-22(27)16-14-12-10-8-6-2/h9-12,19-20,25H,5-8,13-18H2,1-4H3,(H,23,26)(H,24,27)/b11-9+,12-10+. The van der Waals surface area contributed by atoms with Crippen LogP contribution >= 0.6 is 0 Å². The Labute approximate surface area is 166 Å². The van der Waals surface area contributed by atoms with E-state index in [-0.39, 0.29) is 23.9 Å². The third kappa shape index (κ3) is 17.5. The van der Waals surface area contributed by atoms with Crippen molar-refractivity contribution in [3.63, 3.8) is 0 Å². The number of hydrogen-bond acceptors (Lipinski definition) is 3. The molecule has 0 spiro atoms. The minimum Gasteiger partial charge on any atom is -0.355 e. The van der Waals surface area contributed by atoms with Crippen molar-refractivity contribution in [2.24, 2.45) is 0 Å². The number of carbonyl (C=O) groups excluding carboxylic acids is 2. The predicted octanol–water partition coefficient (Wildman–Crippen LogP) is 3.86. The quantitative estimate of drug-likeness (QED) is 0.357. The highest BCUT2D eigenvalue weighted by Gasteiger charge is 2.10. The lowest BCUT2D eigenvalue weighted by Crippen LogP contribution is -2.47. The molecule has 5 nitrogen and oxygen atoms in total. The van der Waals surface area contributed by atoms with Gasteiger partial charge in [0.2, 0.25) is 11.8 Å². The summed E-state index contributed by atoms with van der Waals surface area (Å²) in [6, 6.07) is 0.321. The zero-order valence-electron chi connectivity index (χ0n) is 17.9. The maximum atomic E-state index is 11.8. The summed E-state index contributed by atoms with van der Waals surface area (Å²) in [4.78, 5) is 23.6.